The van der Waals surface area contributed by atoms with Gasteiger partial charge in [0.15, 0.2) is 0 Å². The zero-order valence-corrected chi connectivity index (χ0v) is 7.05. The van der Waals surface area contributed by atoms with Gasteiger partial charge < -0.3 is 15.5 Å². The first-order valence-electron chi connectivity index (χ1n) is 3.87. The standard InChI is InChI=1S/C7H13NO2.ClH/c9-6-2-4-1-5(7(6)10)8-3-4;/h4-10H,1-3H2;1H/t4-,5+,6+,7-;/m0./s1. The summed E-state index contributed by atoms with van der Waals surface area (Å²) in [6.07, 6.45) is 0.792. The van der Waals surface area contributed by atoms with E-state index in [0.717, 1.165) is 19.4 Å². The summed E-state index contributed by atoms with van der Waals surface area (Å²) < 4.78 is 0. The maximum atomic E-state index is 9.35. The van der Waals surface area contributed by atoms with Gasteiger partial charge in [-0.3, -0.25) is 0 Å². The molecular formula is C7H14ClNO2. The average Bonchev–Trinajstić information content (AvgIpc) is 2.29. The second-order valence-corrected chi connectivity index (χ2v) is 3.41. The minimum absolute atomic E-state index is 0. The maximum absolute atomic E-state index is 9.35. The van der Waals surface area contributed by atoms with Crippen molar-refractivity contribution in [2.75, 3.05) is 6.54 Å². The number of halogens is 1. The second-order valence-electron chi connectivity index (χ2n) is 3.41. The molecule has 4 atom stereocenters. The Morgan fingerprint density at radius 2 is 1.91 bits per heavy atom. The van der Waals surface area contributed by atoms with Crippen LogP contribution < -0.4 is 5.32 Å². The molecule has 0 aromatic heterocycles. The van der Waals surface area contributed by atoms with E-state index in [1.54, 1.807) is 0 Å². The van der Waals surface area contributed by atoms with Crippen LogP contribution >= 0.6 is 12.4 Å². The van der Waals surface area contributed by atoms with E-state index in [1.807, 2.05) is 0 Å². The smallest absolute Gasteiger partial charge is 0.0951 e. The monoisotopic (exact) mass is 179 g/mol. The predicted octanol–water partition coefficient (Wildman–Crippen LogP) is -0.488. The van der Waals surface area contributed by atoms with Crippen LogP contribution in [0.15, 0.2) is 0 Å². The number of hydrogen-bond donors (Lipinski definition) is 3. The lowest BCUT2D eigenvalue weighted by Crippen LogP contribution is -2.44. The van der Waals surface area contributed by atoms with E-state index in [-0.39, 0.29) is 18.4 Å². The molecule has 11 heavy (non-hydrogen) atoms. The molecule has 66 valence electrons. The second kappa shape index (κ2) is 3.27. The highest BCUT2D eigenvalue weighted by molar-refractivity contribution is 5.85. The molecule has 0 spiro atoms. The van der Waals surface area contributed by atoms with Gasteiger partial charge in [-0.05, 0) is 25.3 Å². The fourth-order valence-corrected chi connectivity index (χ4v) is 2.03. The molecule has 0 amide bonds. The minimum Gasteiger partial charge on any atom is -0.390 e. The van der Waals surface area contributed by atoms with Crippen LogP contribution in [0, 0.1) is 5.92 Å². The normalized spacial score (nSPS) is 48.5. The molecule has 4 heteroatoms. The van der Waals surface area contributed by atoms with E-state index in [2.05, 4.69) is 5.32 Å². The van der Waals surface area contributed by atoms with E-state index in [0.29, 0.717) is 5.92 Å². The van der Waals surface area contributed by atoms with Crippen molar-refractivity contribution in [3.05, 3.63) is 0 Å². The van der Waals surface area contributed by atoms with Crippen molar-refractivity contribution in [2.24, 2.45) is 5.92 Å². The fraction of sp³-hybridized carbons (Fsp3) is 1.00. The van der Waals surface area contributed by atoms with Crippen LogP contribution in [0.1, 0.15) is 12.8 Å². The van der Waals surface area contributed by atoms with Crippen molar-refractivity contribution >= 4 is 12.4 Å². The van der Waals surface area contributed by atoms with E-state index < -0.39 is 12.2 Å². The van der Waals surface area contributed by atoms with Crippen LogP contribution in [0.2, 0.25) is 0 Å². The quantitative estimate of drug-likeness (QED) is 0.471. The molecule has 2 bridgehead atoms. The van der Waals surface area contributed by atoms with E-state index >= 15 is 0 Å². The molecule has 1 aliphatic heterocycles. The molecule has 2 rings (SSSR count). The van der Waals surface area contributed by atoms with Gasteiger partial charge in [0.1, 0.15) is 0 Å². The largest absolute Gasteiger partial charge is 0.390 e. The lowest BCUT2D eigenvalue weighted by Gasteiger charge is -2.28. The number of aliphatic hydroxyl groups excluding tert-OH is 2. The minimum atomic E-state index is -0.529. The number of nitrogens with one attached hydrogen (secondary N) is 1. The van der Waals surface area contributed by atoms with Crippen LogP contribution in [-0.2, 0) is 0 Å². The highest BCUT2D eigenvalue weighted by Gasteiger charge is 2.39. The predicted molar refractivity (Wildman–Crippen MR) is 43.8 cm³/mol. The van der Waals surface area contributed by atoms with Gasteiger partial charge >= 0.3 is 0 Å². The topological polar surface area (TPSA) is 52.5 Å². The maximum Gasteiger partial charge on any atom is 0.0951 e. The SMILES string of the molecule is Cl.O[C@@H]1[C@H](O)C[C@H]2CN[C@@H]1C2. The average molecular weight is 180 g/mol. The molecule has 2 fully saturated rings. The summed E-state index contributed by atoms with van der Waals surface area (Å²) in [6, 6.07) is 0.161. The van der Waals surface area contributed by atoms with Crippen LogP contribution in [0.4, 0.5) is 0 Å². The van der Waals surface area contributed by atoms with Gasteiger partial charge in [-0.2, -0.15) is 0 Å². The molecule has 0 aromatic rings. The van der Waals surface area contributed by atoms with Gasteiger partial charge in [0, 0.05) is 6.04 Å². The van der Waals surface area contributed by atoms with Crippen molar-refractivity contribution in [3.8, 4) is 0 Å². The molecule has 3 nitrogen and oxygen atoms in total. The summed E-state index contributed by atoms with van der Waals surface area (Å²) in [5.74, 6) is 0.600. The molecule has 1 aliphatic carbocycles. The Labute approximate surface area is 72.2 Å². The number of rotatable bonds is 0. The van der Waals surface area contributed by atoms with Crippen LogP contribution in [0.25, 0.3) is 0 Å². The first kappa shape index (κ1) is 9.26. The van der Waals surface area contributed by atoms with E-state index in [4.69, 9.17) is 0 Å². The summed E-state index contributed by atoms with van der Waals surface area (Å²) in [6.45, 7) is 0.971. The molecule has 0 radical (unpaired) electrons. The lowest BCUT2D eigenvalue weighted by atomic mass is 9.86. The first-order chi connectivity index (χ1) is 4.77. The summed E-state index contributed by atoms with van der Waals surface area (Å²) in [7, 11) is 0. The highest BCUT2D eigenvalue weighted by Crippen LogP contribution is 2.29. The van der Waals surface area contributed by atoms with Crippen LogP contribution in [0.5, 0.6) is 0 Å². The summed E-state index contributed by atoms with van der Waals surface area (Å²) in [4.78, 5) is 0. The molecule has 1 saturated heterocycles. The van der Waals surface area contributed by atoms with Gasteiger partial charge in [-0.25, -0.2) is 0 Å². The van der Waals surface area contributed by atoms with Gasteiger partial charge in [0.2, 0.25) is 0 Å². The van der Waals surface area contributed by atoms with Crippen molar-refractivity contribution in [3.63, 3.8) is 0 Å². The Hall–Kier alpha value is 0.170. The van der Waals surface area contributed by atoms with Crippen molar-refractivity contribution in [1.82, 2.24) is 5.32 Å². The molecule has 2 aliphatic rings. The van der Waals surface area contributed by atoms with Gasteiger partial charge in [-0.1, -0.05) is 0 Å². The van der Waals surface area contributed by atoms with Gasteiger partial charge in [0.25, 0.3) is 0 Å². The molecular weight excluding hydrogens is 166 g/mol. The molecule has 3 N–H and O–H groups in total. The number of hydrogen-bond acceptors (Lipinski definition) is 3. The molecule has 1 heterocycles. The third-order valence-corrected chi connectivity index (χ3v) is 2.64. The van der Waals surface area contributed by atoms with Crippen molar-refractivity contribution in [1.29, 1.82) is 0 Å². The van der Waals surface area contributed by atoms with E-state index in [1.165, 1.54) is 0 Å². The molecule has 0 aromatic carbocycles. The summed E-state index contributed by atoms with van der Waals surface area (Å²) in [5, 5.41) is 21.8. The van der Waals surface area contributed by atoms with Gasteiger partial charge in [-0.15, -0.1) is 12.4 Å². The van der Waals surface area contributed by atoms with Crippen LogP contribution in [0.3, 0.4) is 0 Å². The molecule has 1 saturated carbocycles. The summed E-state index contributed by atoms with van der Waals surface area (Å²) >= 11 is 0. The Bertz CT molecular complexity index is 144. The van der Waals surface area contributed by atoms with Crippen molar-refractivity contribution < 1.29 is 10.2 Å². The van der Waals surface area contributed by atoms with Gasteiger partial charge in [0.05, 0.1) is 12.2 Å². The Morgan fingerprint density at radius 3 is 2.64 bits per heavy atom. The van der Waals surface area contributed by atoms with Crippen molar-refractivity contribution in [2.45, 2.75) is 31.1 Å². The lowest BCUT2D eigenvalue weighted by molar-refractivity contribution is -0.0244. The summed E-state index contributed by atoms with van der Waals surface area (Å²) in [5.41, 5.74) is 0. The third kappa shape index (κ3) is 1.51. The zero-order valence-electron chi connectivity index (χ0n) is 6.23. The first-order valence-corrected chi connectivity index (χ1v) is 3.87. The Balaban J connectivity index is 0.000000605. The zero-order chi connectivity index (χ0) is 7.14. The number of fused-ring (bicyclic) bond motifs is 2. The Morgan fingerprint density at radius 1 is 1.18 bits per heavy atom. The third-order valence-electron chi connectivity index (χ3n) is 2.64. The van der Waals surface area contributed by atoms with E-state index in [9.17, 15) is 10.2 Å². The fourth-order valence-electron chi connectivity index (χ4n) is 2.03. The highest BCUT2D eigenvalue weighted by atomic mass is 35.5. The van der Waals surface area contributed by atoms with Crippen LogP contribution in [-0.4, -0.2) is 35.0 Å². The molecule has 0 unspecified atom stereocenters. The Kier molecular flexibility index (Phi) is 2.75. The number of aliphatic hydroxyl groups is 2.